The number of rotatable bonds is 5. The van der Waals surface area contributed by atoms with Gasteiger partial charge in [0.25, 0.3) is 0 Å². The van der Waals surface area contributed by atoms with Gasteiger partial charge in [-0.05, 0) is 0 Å². The van der Waals surface area contributed by atoms with Gasteiger partial charge in [-0.15, -0.1) is 0 Å². The monoisotopic (exact) mass is 434 g/mol. The first-order valence-corrected chi connectivity index (χ1v) is 10.4. The third kappa shape index (κ3) is 3.66. The summed E-state index contributed by atoms with van der Waals surface area (Å²) >= 11 is -1.05. The Morgan fingerprint density at radius 1 is 1.06 bits per heavy atom. The molecule has 0 N–H and O–H groups in total. The quantitative estimate of drug-likeness (QED) is 0.535. The molecule has 0 aliphatic rings. The second-order valence-electron chi connectivity index (χ2n) is 3.87. The van der Waals surface area contributed by atoms with Crippen LogP contribution in [0.25, 0.3) is 0 Å². The molecule has 0 saturated heterocycles. The Balaban J connectivity index is 1.93. The molecule has 2 aromatic carbocycles. The molecule has 0 bridgehead atoms. The van der Waals surface area contributed by atoms with E-state index in [4.69, 9.17) is 4.74 Å². The first-order valence-electron chi connectivity index (χ1n) is 5.76. The van der Waals surface area contributed by atoms with Gasteiger partial charge in [0, 0.05) is 0 Å². The minimum absolute atomic E-state index is 0.273. The number of Topliss-reactive ketones (excluding diaryl/α,β-unsaturated/α-hetero) is 1. The molecule has 90 valence electrons. The normalized spacial score (nSPS) is 10.1. The van der Waals surface area contributed by atoms with Gasteiger partial charge in [0.15, 0.2) is 0 Å². The van der Waals surface area contributed by atoms with Crippen molar-refractivity contribution in [3.63, 3.8) is 0 Å². The van der Waals surface area contributed by atoms with Crippen molar-refractivity contribution in [2.75, 3.05) is 7.11 Å². The van der Waals surface area contributed by atoms with Crippen LogP contribution in [0.15, 0.2) is 54.6 Å². The molecule has 18 heavy (non-hydrogen) atoms. The van der Waals surface area contributed by atoms with Gasteiger partial charge in [-0.2, -0.15) is 0 Å². The first-order chi connectivity index (χ1) is 8.79. The molecular weight excluding hydrogens is 419 g/mol. The van der Waals surface area contributed by atoms with Crippen LogP contribution in [0.3, 0.4) is 0 Å². The molecule has 0 aromatic heterocycles. The Kier molecular flexibility index (Phi) is 4.92. The van der Waals surface area contributed by atoms with Crippen LogP contribution in [0.2, 0.25) is 3.98 Å². The third-order valence-corrected chi connectivity index (χ3v) is 7.46. The van der Waals surface area contributed by atoms with Crippen molar-refractivity contribution in [1.29, 1.82) is 0 Å². The molecular formula is C15H14O2Pb. The van der Waals surface area contributed by atoms with Gasteiger partial charge >= 0.3 is 120 Å². The van der Waals surface area contributed by atoms with Crippen molar-refractivity contribution >= 4 is 33.1 Å². The number of ether oxygens (including phenoxy) is 1. The molecule has 2 aromatic rings. The van der Waals surface area contributed by atoms with E-state index in [0.717, 1.165) is 15.3 Å². The number of carbonyl (C=O) groups excluding carboxylic acids is 1. The number of carbonyl (C=O) groups is 1. The van der Waals surface area contributed by atoms with Gasteiger partial charge in [-0.1, -0.05) is 0 Å². The molecule has 0 heterocycles. The first kappa shape index (κ1) is 13.3. The zero-order chi connectivity index (χ0) is 12.8. The van der Waals surface area contributed by atoms with Crippen LogP contribution in [0.1, 0.15) is 10.4 Å². The molecule has 0 aliphatic carbocycles. The second kappa shape index (κ2) is 6.68. The van der Waals surface area contributed by atoms with E-state index >= 15 is 0 Å². The number of ketones is 1. The van der Waals surface area contributed by atoms with Crippen molar-refractivity contribution in [3.05, 3.63) is 60.2 Å². The molecule has 0 atom stereocenters. The Labute approximate surface area is 119 Å². The number of hydrogen-bond acceptors (Lipinski definition) is 2. The van der Waals surface area contributed by atoms with E-state index in [1.54, 1.807) is 7.11 Å². The fourth-order valence-electron chi connectivity index (χ4n) is 1.62. The zero-order valence-corrected chi connectivity index (χ0v) is 14.1. The van der Waals surface area contributed by atoms with Gasteiger partial charge in [-0.25, -0.2) is 0 Å². The maximum absolute atomic E-state index is 12.0. The summed E-state index contributed by atoms with van der Waals surface area (Å²) in [6.07, 6.45) is 0. The number of benzene rings is 2. The fraction of sp³-hybridized carbons (Fsp3) is 0.133. The van der Waals surface area contributed by atoms with Crippen molar-refractivity contribution in [2.45, 2.75) is 3.98 Å². The summed E-state index contributed by atoms with van der Waals surface area (Å²) in [7, 11) is 1.66. The molecule has 2 radical (unpaired) electrons. The van der Waals surface area contributed by atoms with E-state index in [0.29, 0.717) is 0 Å². The summed E-state index contributed by atoms with van der Waals surface area (Å²) in [6, 6.07) is 17.6. The zero-order valence-electron chi connectivity index (χ0n) is 10.2. The molecule has 0 unspecified atom stereocenters. The maximum atomic E-state index is 12.0. The summed E-state index contributed by atoms with van der Waals surface area (Å²) in [5, 5.41) is 0. The van der Waals surface area contributed by atoms with E-state index in [-0.39, 0.29) is 5.78 Å². The molecule has 0 fully saturated rings. The summed E-state index contributed by atoms with van der Waals surface area (Å²) < 4.78 is 7.20. The average molecular weight is 433 g/mol. The van der Waals surface area contributed by atoms with Crippen LogP contribution in [-0.2, 0) is 0 Å². The fourth-order valence-corrected chi connectivity index (χ4v) is 5.39. The van der Waals surface area contributed by atoms with Crippen LogP contribution in [-0.4, -0.2) is 37.1 Å². The Morgan fingerprint density at radius 2 is 1.72 bits per heavy atom. The van der Waals surface area contributed by atoms with E-state index in [1.807, 2.05) is 42.5 Å². The Bertz CT molecular complexity index is 506. The van der Waals surface area contributed by atoms with Crippen LogP contribution in [0, 0.1) is 0 Å². The van der Waals surface area contributed by atoms with E-state index in [9.17, 15) is 4.79 Å². The van der Waals surface area contributed by atoms with Gasteiger partial charge in [-0.3, -0.25) is 0 Å². The van der Waals surface area contributed by atoms with Gasteiger partial charge in [0.2, 0.25) is 0 Å². The van der Waals surface area contributed by atoms with Crippen molar-refractivity contribution in [3.8, 4) is 5.75 Å². The van der Waals surface area contributed by atoms with Crippen molar-refractivity contribution in [2.24, 2.45) is 0 Å². The van der Waals surface area contributed by atoms with Crippen molar-refractivity contribution in [1.82, 2.24) is 0 Å². The minimum atomic E-state index is -1.05. The van der Waals surface area contributed by atoms with Crippen LogP contribution in [0.5, 0.6) is 5.75 Å². The molecule has 2 nitrogen and oxygen atoms in total. The van der Waals surface area contributed by atoms with Crippen molar-refractivity contribution < 1.29 is 9.53 Å². The molecule has 0 amide bonds. The predicted molar refractivity (Wildman–Crippen MR) is 74.0 cm³/mol. The summed E-state index contributed by atoms with van der Waals surface area (Å²) in [5.74, 6) is 1.14. The second-order valence-corrected chi connectivity index (χ2v) is 8.86. The van der Waals surface area contributed by atoms with Gasteiger partial charge < -0.3 is 0 Å². The summed E-state index contributed by atoms with van der Waals surface area (Å²) in [5.41, 5.74) is 0.832. The summed E-state index contributed by atoms with van der Waals surface area (Å²) in [6.45, 7) is 0. The number of methoxy groups -OCH3 is 1. The summed E-state index contributed by atoms with van der Waals surface area (Å²) in [4.78, 5) is 12.0. The van der Waals surface area contributed by atoms with Gasteiger partial charge in [0.1, 0.15) is 0 Å². The third-order valence-electron chi connectivity index (χ3n) is 2.64. The number of hydrogen-bond donors (Lipinski definition) is 0. The Morgan fingerprint density at radius 3 is 2.33 bits per heavy atom. The van der Waals surface area contributed by atoms with Gasteiger partial charge in [0.05, 0.1) is 0 Å². The molecule has 0 saturated carbocycles. The van der Waals surface area contributed by atoms with Crippen LogP contribution < -0.4 is 7.86 Å². The molecule has 3 heteroatoms. The topological polar surface area (TPSA) is 26.3 Å². The van der Waals surface area contributed by atoms with Crippen LogP contribution in [0.4, 0.5) is 0 Å². The average Bonchev–Trinajstić information content (AvgIpc) is 2.46. The molecule has 0 aliphatic heterocycles. The van der Waals surface area contributed by atoms with E-state index in [1.165, 1.54) is 3.12 Å². The van der Waals surface area contributed by atoms with E-state index < -0.39 is 24.2 Å². The predicted octanol–water partition coefficient (Wildman–Crippen LogP) is 2.33. The molecule has 0 spiro atoms. The van der Waals surface area contributed by atoms with E-state index in [2.05, 4.69) is 12.1 Å². The molecule has 2 rings (SSSR count). The SMILES string of the molecule is COc1cc[c]([Pb][CH2]C(=O)c2ccccc2)cc1. The Hall–Kier alpha value is -1.17. The standard InChI is InChI=1S/C8H7O.C7H7O.Pb/c1-7(9)8-5-3-2-4-6-8;1-8-7-5-3-2-4-6-7;/h2-6H,1H2;3-6H,1H3;. The van der Waals surface area contributed by atoms with Crippen LogP contribution >= 0.6 is 0 Å².